The molecule has 0 atom stereocenters. The van der Waals surface area contributed by atoms with Gasteiger partial charge in [-0.15, -0.1) is 11.8 Å². The predicted octanol–water partition coefficient (Wildman–Crippen LogP) is 3.92. The number of hydrogen-bond acceptors (Lipinski definition) is 1. The Morgan fingerprint density at radius 3 is 2.54 bits per heavy atom. The van der Waals surface area contributed by atoms with Gasteiger partial charge in [0.1, 0.15) is 0 Å². The summed E-state index contributed by atoms with van der Waals surface area (Å²) in [5.41, 5.74) is 2.98. The van der Waals surface area contributed by atoms with Crippen molar-refractivity contribution in [3.63, 3.8) is 0 Å². The molecule has 0 radical (unpaired) electrons. The second-order valence-electron chi connectivity index (χ2n) is 3.25. The van der Waals surface area contributed by atoms with Gasteiger partial charge in [0.2, 0.25) is 0 Å². The zero-order valence-corrected chi connectivity index (χ0v) is 9.58. The molecular weight excluding hydrogens is 176 g/mol. The third kappa shape index (κ3) is 2.77. The molecule has 0 heterocycles. The quantitative estimate of drug-likeness (QED) is 0.655. The van der Waals surface area contributed by atoms with Crippen LogP contribution < -0.4 is 0 Å². The van der Waals surface area contributed by atoms with Gasteiger partial charge < -0.3 is 0 Å². The molecule has 0 nitrogen and oxygen atoms in total. The van der Waals surface area contributed by atoms with Gasteiger partial charge in [-0.1, -0.05) is 32.4 Å². The van der Waals surface area contributed by atoms with Crippen LogP contribution in [0.2, 0.25) is 0 Å². The van der Waals surface area contributed by atoms with Gasteiger partial charge in [0.15, 0.2) is 0 Å². The van der Waals surface area contributed by atoms with Crippen LogP contribution in [0.3, 0.4) is 0 Å². The average Bonchev–Trinajstić information content (AvgIpc) is 2.18. The van der Waals surface area contributed by atoms with Crippen molar-refractivity contribution < 1.29 is 0 Å². The first kappa shape index (κ1) is 10.6. The fourth-order valence-electron chi connectivity index (χ4n) is 1.55. The smallest absolute Gasteiger partial charge is 0.0101 e. The SMILES string of the molecule is CCCc1ccc(SC)c(CC)c1. The molecule has 0 aromatic heterocycles. The lowest BCUT2D eigenvalue weighted by Gasteiger charge is -2.07. The van der Waals surface area contributed by atoms with Crippen LogP contribution >= 0.6 is 11.8 Å². The molecule has 0 fully saturated rings. The first-order chi connectivity index (χ1) is 6.31. The van der Waals surface area contributed by atoms with Crippen molar-refractivity contribution in [1.82, 2.24) is 0 Å². The minimum atomic E-state index is 1.15. The van der Waals surface area contributed by atoms with Gasteiger partial charge in [-0.2, -0.15) is 0 Å². The first-order valence-electron chi connectivity index (χ1n) is 4.97. The van der Waals surface area contributed by atoms with E-state index in [0.29, 0.717) is 0 Å². The Bertz CT molecular complexity index is 266. The summed E-state index contributed by atoms with van der Waals surface area (Å²) in [4.78, 5) is 1.43. The highest BCUT2D eigenvalue weighted by Crippen LogP contribution is 2.22. The molecule has 1 aromatic rings. The number of aryl methyl sites for hydroxylation is 2. The summed E-state index contributed by atoms with van der Waals surface area (Å²) in [6.45, 7) is 4.46. The van der Waals surface area contributed by atoms with E-state index in [1.54, 1.807) is 0 Å². The molecule has 72 valence electrons. The van der Waals surface area contributed by atoms with E-state index in [1.165, 1.54) is 28.9 Å². The van der Waals surface area contributed by atoms with Gasteiger partial charge >= 0.3 is 0 Å². The molecule has 0 spiro atoms. The first-order valence-corrected chi connectivity index (χ1v) is 6.20. The second-order valence-corrected chi connectivity index (χ2v) is 4.10. The summed E-state index contributed by atoms with van der Waals surface area (Å²) < 4.78 is 0. The molecular formula is C12H18S. The van der Waals surface area contributed by atoms with Crippen LogP contribution in [0, 0.1) is 0 Å². The van der Waals surface area contributed by atoms with Gasteiger partial charge in [-0.3, -0.25) is 0 Å². The normalized spacial score (nSPS) is 10.4. The fraction of sp³-hybridized carbons (Fsp3) is 0.500. The van der Waals surface area contributed by atoms with Crippen LogP contribution in [0.25, 0.3) is 0 Å². The van der Waals surface area contributed by atoms with E-state index in [9.17, 15) is 0 Å². The van der Waals surface area contributed by atoms with E-state index in [-0.39, 0.29) is 0 Å². The standard InChI is InChI=1S/C12H18S/c1-4-6-10-7-8-12(13-3)11(5-2)9-10/h7-9H,4-6H2,1-3H3. The summed E-state index contributed by atoms with van der Waals surface area (Å²) in [7, 11) is 0. The summed E-state index contributed by atoms with van der Waals surface area (Å²) in [6, 6.07) is 6.87. The molecule has 0 bridgehead atoms. The second kappa shape index (κ2) is 5.33. The van der Waals surface area contributed by atoms with E-state index in [2.05, 4.69) is 38.3 Å². The summed E-state index contributed by atoms with van der Waals surface area (Å²) in [5.74, 6) is 0. The maximum absolute atomic E-state index is 2.36. The predicted molar refractivity (Wildman–Crippen MR) is 61.6 cm³/mol. The van der Waals surface area contributed by atoms with E-state index >= 15 is 0 Å². The lowest BCUT2D eigenvalue weighted by molar-refractivity contribution is 0.912. The van der Waals surface area contributed by atoms with Crippen LogP contribution in [0.1, 0.15) is 31.4 Å². The molecule has 0 amide bonds. The summed E-state index contributed by atoms with van der Waals surface area (Å²) in [6.07, 6.45) is 5.74. The van der Waals surface area contributed by atoms with Crippen molar-refractivity contribution in [3.8, 4) is 0 Å². The topological polar surface area (TPSA) is 0 Å². The van der Waals surface area contributed by atoms with Gasteiger partial charge in [-0.25, -0.2) is 0 Å². The molecule has 0 unspecified atom stereocenters. The van der Waals surface area contributed by atoms with Gasteiger partial charge in [0.05, 0.1) is 0 Å². The Hall–Kier alpha value is -0.430. The molecule has 1 rings (SSSR count). The van der Waals surface area contributed by atoms with Crippen molar-refractivity contribution in [2.45, 2.75) is 38.0 Å². The average molecular weight is 194 g/mol. The van der Waals surface area contributed by atoms with Gasteiger partial charge in [0.25, 0.3) is 0 Å². The van der Waals surface area contributed by atoms with Gasteiger partial charge in [-0.05, 0) is 36.3 Å². The molecule has 0 aliphatic carbocycles. The zero-order chi connectivity index (χ0) is 9.68. The molecule has 13 heavy (non-hydrogen) atoms. The van der Waals surface area contributed by atoms with Crippen molar-refractivity contribution in [1.29, 1.82) is 0 Å². The van der Waals surface area contributed by atoms with Gasteiger partial charge in [0, 0.05) is 4.90 Å². The molecule has 1 aromatic carbocycles. The lowest BCUT2D eigenvalue weighted by Crippen LogP contribution is -1.89. The Kier molecular flexibility index (Phi) is 4.37. The highest BCUT2D eigenvalue weighted by Gasteiger charge is 2.00. The van der Waals surface area contributed by atoms with E-state index < -0.39 is 0 Å². The van der Waals surface area contributed by atoms with Crippen molar-refractivity contribution in [2.24, 2.45) is 0 Å². The number of benzene rings is 1. The summed E-state index contributed by atoms with van der Waals surface area (Å²) >= 11 is 1.85. The maximum atomic E-state index is 2.36. The molecule has 0 N–H and O–H groups in total. The van der Waals surface area contributed by atoms with E-state index in [1.807, 2.05) is 11.8 Å². The molecule has 0 aliphatic rings. The minimum absolute atomic E-state index is 1.15. The van der Waals surface area contributed by atoms with Crippen LogP contribution in [-0.2, 0) is 12.8 Å². The number of hydrogen-bond donors (Lipinski definition) is 0. The molecule has 0 saturated carbocycles. The third-order valence-electron chi connectivity index (χ3n) is 2.26. The summed E-state index contributed by atoms with van der Waals surface area (Å²) in [5, 5.41) is 0. The number of thioether (sulfide) groups is 1. The monoisotopic (exact) mass is 194 g/mol. The van der Waals surface area contributed by atoms with Crippen molar-refractivity contribution in [2.75, 3.05) is 6.26 Å². The van der Waals surface area contributed by atoms with Crippen LogP contribution in [0.15, 0.2) is 23.1 Å². The minimum Gasteiger partial charge on any atom is -0.129 e. The lowest BCUT2D eigenvalue weighted by atomic mass is 10.1. The Morgan fingerprint density at radius 2 is 2.00 bits per heavy atom. The highest BCUT2D eigenvalue weighted by atomic mass is 32.2. The number of rotatable bonds is 4. The molecule has 0 aliphatic heterocycles. The molecule has 0 saturated heterocycles. The van der Waals surface area contributed by atoms with E-state index in [0.717, 1.165) is 6.42 Å². The van der Waals surface area contributed by atoms with Crippen LogP contribution in [0.5, 0.6) is 0 Å². The Labute approximate surface area is 85.7 Å². The van der Waals surface area contributed by atoms with E-state index in [4.69, 9.17) is 0 Å². The zero-order valence-electron chi connectivity index (χ0n) is 8.76. The largest absolute Gasteiger partial charge is 0.129 e. The Morgan fingerprint density at radius 1 is 1.23 bits per heavy atom. The Balaban J connectivity index is 2.91. The van der Waals surface area contributed by atoms with Crippen LogP contribution in [0.4, 0.5) is 0 Å². The van der Waals surface area contributed by atoms with Crippen LogP contribution in [-0.4, -0.2) is 6.26 Å². The third-order valence-corrected chi connectivity index (χ3v) is 3.10. The fourth-order valence-corrected chi connectivity index (χ4v) is 2.22. The van der Waals surface area contributed by atoms with Crippen molar-refractivity contribution in [3.05, 3.63) is 29.3 Å². The molecule has 1 heteroatoms. The highest BCUT2D eigenvalue weighted by molar-refractivity contribution is 7.98. The maximum Gasteiger partial charge on any atom is 0.0101 e. The van der Waals surface area contributed by atoms with Crippen molar-refractivity contribution >= 4 is 11.8 Å².